The number of carbonyl (C=O) groups excluding carboxylic acids is 15. The van der Waals surface area contributed by atoms with Crippen LogP contribution in [0.5, 0.6) is 0 Å². The Labute approximate surface area is 840 Å². The number of likely N-dealkylation sites (N-methyl/N-ethyl adjacent to an activating group) is 1. The number of nitrogens with one attached hydrogen (secondary N) is 6. The van der Waals surface area contributed by atoms with Crippen molar-refractivity contribution in [2.24, 2.45) is 11.8 Å². The summed E-state index contributed by atoms with van der Waals surface area (Å²) in [5.74, 6) is -4.68. The maximum Gasteiger partial charge on any atom is 2.00 e. The van der Waals surface area contributed by atoms with Gasteiger partial charge in [0.05, 0.1) is 5.60 Å². The SMILES string of the molecule is C.C.C.C.C.CC.CC(C)C1CCN(C)CC1.CC(C)N1CCN(C)CC1.CNC(C)(C)C.COC(C)(C)C.O=C1CCC([N-]C(=O)c2[c-]cccc2)C(=O)N1.O=C1CCC([N-]C(=O)c2[c-]cccc2)C(=O)N1.O=C1CCC([N-]C(=O)c2[c-]cccc2)C(=O)N1.O=C1CCC([N-]C(=O)c2[c-]cccc2)C(=O)N1.O=C1CCC([N-]C(=O)c2[c-]cccc2)C(=O)N1.[W+2].[W+2].[W+2].[W+2].[W+2]. The van der Waals surface area contributed by atoms with E-state index < -0.39 is 89.3 Å². The fourth-order valence-electron chi connectivity index (χ4n) is 10.7. The number of carbonyl (C=O) groups is 15. The third-order valence-corrected chi connectivity index (χ3v) is 18.4. The average molecular weight is 2640 g/mol. The molecule has 0 bridgehead atoms. The fraction of sp³-hybridized carbons (Fsp3) is 0.521. The molecule has 7 heterocycles. The molecule has 5 aromatic rings. The number of likely N-dealkylation sites (tertiary alicyclic amines) is 1. The molecule has 5 aromatic carbocycles. The molecular formula is C94H138N14O16W5. The monoisotopic (exact) mass is 2640 g/mol. The zero-order valence-corrected chi connectivity index (χ0v) is 88.2. The van der Waals surface area contributed by atoms with Gasteiger partial charge in [-0.3, -0.25) is 79.4 Å². The van der Waals surface area contributed by atoms with Crippen molar-refractivity contribution in [3.05, 3.63) is 206 Å². The van der Waals surface area contributed by atoms with Gasteiger partial charge >= 0.3 is 105 Å². The largest absolute Gasteiger partial charge is 2.00 e. The topological polar surface area (TPSA) is 418 Å². The molecule has 5 unspecified atom stereocenters. The molecule has 35 heteroatoms. The summed E-state index contributed by atoms with van der Waals surface area (Å²) in [5, 5.41) is 32.8. The number of nitrogens with zero attached hydrogens (tertiary/aromatic N) is 8. The van der Waals surface area contributed by atoms with Crippen LogP contribution in [0.15, 0.2) is 121 Å². The standard InChI is InChI=1S/5C12H11N2O3.C9H19N.C8H18N2.C5H13N.C5H12O.C2H6.5CH4.5W/c5*15-10-7-6-9(12(17)14-10)13-11(16)8-4-2-1-3-5-8;1-8(2)9-4-6-10(3)7-5-9;1-8(2)10-6-4-9(3)5-7-10;2*1-5(2,3)6-4;1-2;;;;;;;;;;/h5*1-4,9H,6-7H2,(H2,13,14,15,16,17);8-9H,4-7H2,1-3H3;8H,4-7H2,1-3H3;6H,1-4H3;1-4H3;1-2H3;5*1H4;;;;;/q5*-1;;;;;;;;;;;5*+2/p-5. The zero-order valence-electron chi connectivity index (χ0n) is 73.5. The summed E-state index contributed by atoms with van der Waals surface area (Å²) in [6.45, 7) is 33.3. The van der Waals surface area contributed by atoms with Crippen LogP contribution < -0.4 is 31.9 Å². The van der Waals surface area contributed by atoms with Crippen LogP contribution in [0.2, 0.25) is 0 Å². The molecule has 129 heavy (non-hydrogen) atoms. The van der Waals surface area contributed by atoms with Gasteiger partial charge in [0.25, 0.3) is 0 Å². The number of amides is 15. The van der Waals surface area contributed by atoms with E-state index in [1.165, 1.54) is 52.1 Å². The Kier molecular flexibility index (Phi) is 78.4. The smallest absolute Gasteiger partial charge is 0.684 e. The summed E-state index contributed by atoms with van der Waals surface area (Å²) in [6, 6.07) is 43.7. The quantitative estimate of drug-likeness (QED) is 0.0499. The molecule has 0 saturated carbocycles. The first-order chi connectivity index (χ1) is 56.3. The van der Waals surface area contributed by atoms with Gasteiger partial charge in [-0.05, 0) is 206 Å². The first-order valence-electron chi connectivity index (χ1n) is 40.0. The van der Waals surface area contributed by atoms with E-state index in [1.54, 1.807) is 128 Å². The summed E-state index contributed by atoms with van der Waals surface area (Å²) >= 11 is 0. The summed E-state index contributed by atoms with van der Waals surface area (Å²) < 4.78 is 4.94. The molecule has 7 saturated heterocycles. The molecule has 7 aliphatic rings. The second kappa shape index (κ2) is 73.9. The van der Waals surface area contributed by atoms with E-state index in [0.29, 0.717) is 33.4 Å². The Morgan fingerprint density at radius 2 is 0.566 bits per heavy atom. The van der Waals surface area contributed by atoms with Crippen LogP contribution in [0.25, 0.3) is 26.6 Å². The van der Waals surface area contributed by atoms with Gasteiger partial charge in [-0.25, -0.2) is 0 Å². The van der Waals surface area contributed by atoms with E-state index in [0.717, 1.165) is 17.9 Å². The second-order valence-corrected chi connectivity index (χ2v) is 30.5. The van der Waals surface area contributed by atoms with E-state index in [2.05, 4.69) is 166 Å². The third kappa shape index (κ3) is 57.4. The Balaban J connectivity index is -0.000000214. The Bertz CT molecular complexity index is 3520. The molecule has 15 amide bonds. The van der Waals surface area contributed by atoms with Crippen LogP contribution in [-0.2, 0) is 158 Å². The molecule has 6 N–H and O–H groups in total. The molecule has 5 atom stereocenters. The minimum Gasteiger partial charge on any atom is -0.684 e. The van der Waals surface area contributed by atoms with Crippen LogP contribution in [-0.4, -0.2) is 218 Å². The summed E-state index contributed by atoms with van der Waals surface area (Å²) in [6.07, 6.45) is 5.30. The van der Waals surface area contributed by atoms with Crippen LogP contribution in [0.1, 0.15) is 249 Å². The van der Waals surface area contributed by atoms with Crippen molar-refractivity contribution in [2.45, 2.75) is 245 Å². The van der Waals surface area contributed by atoms with E-state index in [4.69, 9.17) is 4.74 Å². The third-order valence-electron chi connectivity index (χ3n) is 18.4. The summed E-state index contributed by atoms with van der Waals surface area (Å²) in [7, 11) is 8.08. The van der Waals surface area contributed by atoms with Gasteiger partial charge in [-0.1, -0.05) is 64.8 Å². The molecule has 7 fully saturated rings. The first kappa shape index (κ1) is 137. The fourth-order valence-corrected chi connectivity index (χ4v) is 10.7. The number of methoxy groups -OCH3 is 1. The van der Waals surface area contributed by atoms with Gasteiger partial charge in [-0.15, -0.1) is 179 Å². The van der Waals surface area contributed by atoms with Crippen LogP contribution >= 0.6 is 0 Å². The summed E-state index contributed by atoms with van der Waals surface area (Å²) in [5.41, 5.74) is 1.92. The van der Waals surface area contributed by atoms with Gasteiger partial charge in [0.2, 0.25) is 59.1 Å². The number of imide groups is 5. The van der Waals surface area contributed by atoms with Crippen molar-refractivity contribution in [3.8, 4) is 0 Å². The number of rotatable bonds is 12. The second-order valence-electron chi connectivity index (χ2n) is 30.5. The van der Waals surface area contributed by atoms with E-state index in [9.17, 15) is 71.9 Å². The zero-order chi connectivity index (χ0) is 88.8. The minimum atomic E-state index is -0.770. The molecule has 0 aromatic heterocycles. The number of benzene rings is 5. The number of piperidine rings is 6. The van der Waals surface area contributed by atoms with E-state index in [-0.39, 0.29) is 242 Å². The Morgan fingerprint density at radius 1 is 0.372 bits per heavy atom. The van der Waals surface area contributed by atoms with Crippen molar-refractivity contribution in [1.82, 2.24) is 46.6 Å². The van der Waals surface area contributed by atoms with Crippen LogP contribution in [0.3, 0.4) is 0 Å². The molecule has 30 nitrogen and oxygen atoms in total. The van der Waals surface area contributed by atoms with Gasteiger partial charge in [0.15, 0.2) is 0 Å². The van der Waals surface area contributed by atoms with E-state index in [1.807, 2.05) is 41.7 Å². The van der Waals surface area contributed by atoms with Crippen molar-refractivity contribution in [3.63, 3.8) is 0 Å². The summed E-state index contributed by atoms with van der Waals surface area (Å²) in [4.78, 5) is 177. The predicted molar refractivity (Wildman–Crippen MR) is 486 cm³/mol. The Morgan fingerprint density at radius 3 is 0.713 bits per heavy atom. The Hall–Kier alpha value is -7.61. The number of piperazine rings is 1. The number of ether oxygens (including phenoxy) is 1. The van der Waals surface area contributed by atoms with Crippen molar-refractivity contribution in [1.29, 1.82) is 0 Å². The minimum absolute atomic E-state index is 0. The van der Waals surface area contributed by atoms with Gasteiger partial charge in [0.1, 0.15) is 0 Å². The average Bonchev–Trinajstić information content (AvgIpc) is 0.862. The van der Waals surface area contributed by atoms with Crippen LogP contribution in [0.4, 0.5) is 0 Å². The van der Waals surface area contributed by atoms with Crippen molar-refractivity contribution >= 4 is 88.6 Å². The molecular weight excluding hydrogens is 2500 g/mol. The maximum atomic E-state index is 11.7. The molecule has 0 spiro atoms. The first-order valence-corrected chi connectivity index (χ1v) is 40.0. The van der Waals surface area contributed by atoms with Crippen molar-refractivity contribution in [2.75, 3.05) is 67.5 Å². The molecule has 0 aliphatic carbocycles. The van der Waals surface area contributed by atoms with Gasteiger partial charge in [0, 0.05) is 77.0 Å². The van der Waals surface area contributed by atoms with Crippen LogP contribution in [0, 0.1) is 42.2 Å². The van der Waals surface area contributed by atoms with Gasteiger partial charge < -0.3 is 70.4 Å². The van der Waals surface area contributed by atoms with E-state index >= 15 is 0 Å². The van der Waals surface area contributed by atoms with Gasteiger partial charge in [-0.2, -0.15) is 0 Å². The van der Waals surface area contributed by atoms with Crippen molar-refractivity contribution < 1.29 is 182 Å². The number of hydrogen-bond donors (Lipinski definition) is 6. The normalized spacial score (nSPS) is 17.8. The molecule has 0 radical (unpaired) electrons. The predicted octanol–water partition coefficient (Wildman–Crippen LogP) is 13.3. The molecule has 12 rings (SSSR count). The maximum absolute atomic E-state index is 11.7. The molecule has 710 valence electrons. The molecule has 7 aliphatic heterocycles. The number of hydrogen-bond acceptors (Lipinski definition) is 20.